The van der Waals surface area contributed by atoms with Crippen molar-refractivity contribution in [3.05, 3.63) is 18.3 Å². The Bertz CT molecular complexity index is 495. The highest BCUT2D eigenvalue weighted by molar-refractivity contribution is 7.92. The fraction of sp³-hybridized carbons (Fsp3) is 0.583. The lowest BCUT2D eigenvalue weighted by Gasteiger charge is -2.18. The molecule has 0 atom stereocenters. The molecule has 1 heterocycles. The van der Waals surface area contributed by atoms with Crippen molar-refractivity contribution >= 4 is 21.5 Å². The number of nitrogens with one attached hydrogen (secondary N) is 1. The van der Waals surface area contributed by atoms with Crippen LogP contribution in [-0.4, -0.2) is 32.2 Å². The van der Waals surface area contributed by atoms with Gasteiger partial charge in [0.15, 0.2) is 0 Å². The Balaban J connectivity index is 2.08. The van der Waals surface area contributed by atoms with E-state index in [4.69, 9.17) is 0 Å². The third-order valence-electron chi connectivity index (χ3n) is 2.92. The molecule has 1 aliphatic rings. The van der Waals surface area contributed by atoms with Crippen molar-refractivity contribution in [3.8, 4) is 0 Å². The first kappa shape index (κ1) is 13.1. The van der Waals surface area contributed by atoms with E-state index in [-0.39, 0.29) is 5.75 Å². The molecular weight excluding hydrogens is 250 g/mol. The largest absolute Gasteiger partial charge is 0.367 e. The molecule has 6 heteroatoms. The van der Waals surface area contributed by atoms with E-state index in [0.717, 1.165) is 5.82 Å². The Kier molecular flexibility index (Phi) is 3.75. The van der Waals surface area contributed by atoms with Crippen molar-refractivity contribution in [1.29, 1.82) is 0 Å². The Morgan fingerprint density at radius 3 is 2.67 bits per heavy atom. The molecule has 1 aromatic rings. The first-order valence-corrected chi connectivity index (χ1v) is 7.83. The summed E-state index contributed by atoms with van der Waals surface area (Å²) in [7, 11) is -1.65. The smallest absolute Gasteiger partial charge is 0.234 e. The van der Waals surface area contributed by atoms with E-state index in [0.29, 0.717) is 18.2 Å². The van der Waals surface area contributed by atoms with Crippen molar-refractivity contribution in [3.63, 3.8) is 0 Å². The predicted molar refractivity (Wildman–Crippen MR) is 73.4 cm³/mol. The highest BCUT2D eigenvalue weighted by Gasteiger charge is 2.21. The lowest BCUT2D eigenvalue weighted by atomic mass is 10.4. The van der Waals surface area contributed by atoms with Gasteiger partial charge in [-0.25, -0.2) is 13.4 Å². The van der Waals surface area contributed by atoms with Crippen LogP contribution in [0.25, 0.3) is 0 Å². The molecule has 0 unspecified atom stereocenters. The van der Waals surface area contributed by atoms with Gasteiger partial charge in [0, 0.05) is 13.1 Å². The fourth-order valence-corrected chi connectivity index (χ4v) is 2.87. The van der Waals surface area contributed by atoms with Crippen molar-refractivity contribution < 1.29 is 8.42 Å². The molecule has 100 valence electrons. The highest BCUT2D eigenvalue weighted by atomic mass is 32.2. The van der Waals surface area contributed by atoms with Crippen molar-refractivity contribution in [1.82, 2.24) is 4.98 Å². The first-order chi connectivity index (χ1) is 8.53. The zero-order chi connectivity index (χ0) is 13.2. The van der Waals surface area contributed by atoms with Crippen LogP contribution in [0.4, 0.5) is 11.5 Å². The minimum absolute atomic E-state index is 0.158. The summed E-state index contributed by atoms with van der Waals surface area (Å²) in [4.78, 5) is 4.24. The molecule has 0 radical (unpaired) electrons. The molecule has 0 aromatic carbocycles. The van der Waals surface area contributed by atoms with Gasteiger partial charge in [0.25, 0.3) is 0 Å². The first-order valence-electron chi connectivity index (χ1n) is 6.22. The zero-order valence-electron chi connectivity index (χ0n) is 10.8. The monoisotopic (exact) mass is 269 g/mol. The summed E-state index contributed by atoms with van der Waals surface area (Å²) >= 11 is 0. The number of pyridine rings is 1. The van der Waals surface area contributed by atoms with Crippen molar-refractivity contribution in [2.45, 2.75) is 32.2 Å². The maximum atomic E-state index is 11.9. The maximum absolute atomic E-state index is 11.9. The number of hydrogen-bond donors (Lipinski definition) is 1. The van der Waals surface area contributed by atoms with E-state index in [2.05, 4.69) is 10.3 Å². The number of anilines is 2. The van der Waals surface area contributed by atoms with E-state index in [1.54, 1.807) is 19.3 Å². The molecule has 0 spiro atoms. The third-order valence-corrected chi connectivity index (χ3v) is 4.89. The van der Waals surface area contributed by atoms with Crippen LogP contribution < -0.4 is 9.62 Å². The summed E-state index contributed by atoms with van der Waals surface area (Å²) in [6.07, 6.45) is 4.59. The molecule has 1 N–H and O–H groups in total. The van der Waals surface area contributed by atoms with Gasteiger partial charge < -0.3 is 5.32 Å². The van der Waals surface area contributed by atoms with Crippen LogP contribution in [0.2, 0.25) is 0 Å². The summed E-state index contributed by atoms with van der Waals surface area (Å²) in [5.41, 5.74) is 0.602. The topological polar surface area (TPSA) is 62.3 Å². The van der Waals surface area contributed by atoms with Crippen LogP contribution in [0.15, 0.2) is 18.3 Å². The molecule has 2 rings (SSSR count). The van der Waals surface area contributed by atoms with Crippen LogP contribution in [-0.2, 0) is 10.0 Å². The molecule has 0 bridgehead atoms. The molecule has 1 fully saturated rings. The maximum Gasteiger partial charge on any atom is 0.234 e. The fourth-order valence-electron chi connectivity index (χ4n) is 1.65. The lowest BCUT2D eigenvalue weighted by Crippen LogP contribution is -2.28. The number of hydrogen-bond acceptors (Lipinski definition) is 4. The molecular formula is C12H19N3O2S. The van der Waals surface area contributed by atoms with Gasteiger partial charge in [-0.15, -0.1) is 0 Å². The number of nitrogens with zero attached hydrogens (tertiary/aromatic N) is 2. The van der Waals surface area contributed by atoms with Gasteiger partial charge in [-0.2, -0.15) is 0 Å². The van der Waals surface area contributed by atoms with Crippen LogP contribution in [0.3, 0.4) is 0 Å². The van der Waals surface area contributed by atoms with Gasteiger partial charge in [-0.1, -0.05) is 6.92 Å². The second kappa shape index (κ2) is 5.14. The average Bonchev–Trinajstić information content (AvgIpc) is 3.13. The molecule has 0 amide bonds. The molecule has 1 aromatic heterocycles. The van der Waals surface area contributed by atoms with Gasteiger partial charge in [0.2, 0.25) is 10.0 Å². The predicted octanol–water partition coefficient (Wildman–Crippen LogP) is 1.83. The standard InChI is InChI=1S/C12H19N3O2S/c1-3-8-18(16,17)15(2)11-6-7-12(13-9-11)14-10-4-5-10/h6-7,9-10H,3-5,8H2,1-2H3,(H,13,14). The van der Waals surface area contributed by atoms with E-state index in [9.17, 15) is 8.42 Å². The number of aromatic nitrogens is 1. The lowest BCUT2D eigenvalue weighted by molar-refractivity contribution is 0.593. The third kappa shape index (κ3) is 3.13. The van der Waals surface area contributed by atoms with Gasteiger partial charge in [0.05, 0.1) is 17.6 Å². The van der Waals surface area contributed by atoms with Crippen LogP contribution in [0.5, 0.6) is 0 Å². The summed E-state index contributed by atoms with van der Waals surface area (Å²) < 4.78 is 25.1. The molecule has 0 saturated heterocycles. The van der Waals surface area contributed by atoms with E-state index >= 15 is 0 Å². The summed E-state index contributed by atoms with van der Waals surface area (Å²) in [5, 5.41) is 3.27. The van der Waals surface area contributed by atoms with Crippen LogP contribution in [0.1, 0.15) is 26.2 Å². The van der Waals surface area contributed by atoms with Crippen LogP contribution in [0, 0.1) is 0 Å². The van der Waals surface area contributed by atoms with E-state index in [1.807, 2.05) is 13.0 Å². The molecule has 1 aliphatic carbocycles. The minimum Gasteiger partial charge on any atom is -0.367 e. The second-order valence-electron chi connectivity index (χ2n) is 4.60. The molecule has 5 nitrogen and oxygen atoms in total. The van der Waals surface area contributed by atoms with E-state index < -0.39 is 10.0 Å². The van der Waals surface area contributed by atoms with E-state index in [1.165, 1.54) is 17.1 Å². The SMILES string of the molecule is CCCS(=O)(=O)N(C)c1ccc(NC2CC2)nc1. The summed E-state index contributed by atoms with van der Waals surface area (Å²) in [6, 6.07) is 4.15. The van der Waals surface area contributed by atoms with Crippen LogP contribution >= 0.6 is 0 Å². The molecule has 0 aliphatic heterocycles. The van der Waals surface area contributed by atoms with Gasteiger partial charge in [-0.05, 0) is 31.4 Å². The Labute approximate surface area is 108 Å². The Morgan fingerprint density at radius 2 is 2.17 bits per heavy atom. The Morgan fingerprint density at radius 1 is 1.44 bits per heavy atom. The number of rotatable bonds is 6. The highest BCUT2D eigenvalue weighted by Crippen LogP contribution is 2.24. The van der Waals surface area contributed by atoms with Gasteiger partial charge in [-0.3, -0.25) is 4.31 Å². The summed E-state index contributed by atoms with van der Waals surface area (Å²) in [5.74, 6) is 0.966. The van der Waals surface area contributed by atoms with Gasteiger partial charge in [0.1, 0.15) is 5.82 Å². The second-order valence-corrected chi connectivity index (χ2v) is 6.72. The number of sulfonamides is 1. The van der Waals surface area contributed by atoms with Crippen molar-refractivity contribution in [2.75, 3.05) is 22.4 Å². The zero-order valence-corrected chi connectivity index (χ0v) is 11.6. The quantitative estimate of drug-likeness (QED) is 0.856. The normalized spacial score (nSPS) is 15.4. The average molecular weight is 269 g/mol. The Hall–Kier alpha value is -1.30. The molecule has 18 heavy (non-hydrogen) atoms. The van der Waals surface area contributed by atoms with Gasteiger partial charge >= 0.3 is 0 Å². The molecule has 1 saturated carbocycles. The minimum atomic E-state index is -3.21. The van der Waals surface area contributed by atoms with Crippen molar-refractivity contribution in [2.24, 2.45) is 0 Å². The summed E-state index contributed by atoms with van der Waals surface area (Å²) in [6.45, 7) is 1.85.